The molecule has 1 amide bonds. The molecule has 1 atom stereocenters. The van der Waals surface area contributed by atoms with Crippen molar-refractivity contribution in [3.63, 3.8) is 0 Å². The van der Waals surface area contributed by atoms with E-state index in [9.17, 15) is 35.9 Å². The highest BCUT2D eigenvalue weighted by molar-refractivity contribution is 5.92. The first kappa shape index (κ1) is 22.0. The number of alkyl halides is 6. The highest BCUT2D eigenvalue weighted by Crippen LogP contribution is 2.37. The van der Waals surface area contributed by atoms with Crippen LogP contribution < -0.4 is 5.32 Å². The number of anilines is 1. The fourth-order valence-electron chi connectivity index (χ4n) is 2.50. The number of hydrogen-bond acceptors (Lipinski definition) is 4. The van der Waals surface area contributed by atoms with E-state index in [0.29, 0.717) is 18.7 Å². The van der Waals surface area contributed by atoms with E-state index in [-0.39, 0.29) is 25.2 Å². The van der Waals surface area contributed by atoms with E-state index in [0.717, 1.165) is 12.8 Å². The lowest BCUT2D eigenvalue weighted by atomic mass is 10.1. The van der Waals surface area contributed by atoms with Crippen LogP contribution in [0, 0.1) is 0 Å². The first-order valence-corrected chi connectivity index (χ1v) is 8.31. The second-order valence-electron chi connectivity index (χ2n) is 6.16. The molecule has 156 valence electrons. The molecule has 11 heteroatoms. The third-order valence-corrected chi connectivity index (χ3v) is 3.88. The van der Waals surface area contributed by atoms with Crippen molar-refractivity contribution >= 4 is 17.6 Å². The molecule has 0 bridgehead atoms. The van der Waals surface area contributed by atoms with E-state index < -0.39 is 47.5 Å². The molecule has 1 aliphatic heterocycles. The fourth-order valence-corrected chi connectivity index (χ4v) is 2.50. The van der Waals surface area contributed by atoms with Gasteiger partial charge < -0.3 is 14.8 Å². The topological polar surface area (TPSA) is 64.6 Å². The van der Waals surface area contributed by atoms with Gasteiger partial charge >= 0.3 is 18.3 Å². The van der Waals surface area contributed by atoms with Gasteiger partial charge in [0.2, 0.25) is 5.91 Å². The Kier molecular flexibility index (Phi) is 6.91. The minimum atomic E-state index is -5.02. The van der Waals surface area contributed by atoms with E-state index in [1.165, 1.54) is 0 Å². The fraction of sp³-hybridized carbons (Fsp3) is 0.529. The molecule has 1 aromatic carbocycles. The average molecular weight is 413 g/mol. The standard InChI is InChI=1S/C17H17F6NO4/c18-16(19,20)10-6-11(17(21,22)23)8-12(7-10)24-14(25)3-4-15(26)28-9-13-2-1-5-27-13/h6-8,13H,1-5,9H2,(H,24,25)/t13-/m1/s1. The van der Waals surface area contributed by atoms with Gasteiger partial charge in [0.05, 0.1) is 23.7 Å². The second kappa shape index (κ2) is 8.80. The number of ether oxygens (including phenoxy) is 2. The largest absolute Gasteiger partial charge is 0.463 e. The number of amides is 1. The molecule has 1 heterocycles. The summed E-state index contributed by atoms with van der Waals surface area (Å²) in [5, 5.41) is 1.95. The molecule has 0 aromatic heterocycles. The number of rotatable bonds is 6. The Hall–Kier alpha value is -2.30. The first-order valence-electron chi connectivity index (χ1n) is 8.31. The Morgan fingerprint density at radius 2 is 1.64 bits per heavy atom. The molecule has 1 fully saturated rings. The third kappa shape index (κ3) is 6.70. The van der Waals surface area contributed by atoms with E-state index in [4.69, 9.17) is 9.47 Å². The van der Waals surface area contributed by atoms with Gasteiger partial charge in [-0.3, -0.25) is 9.59 Å². The number of benzene rings is 1. The van der Waals surface area contributed by atoms with E-state index in [2.05, 4.69) is 0 Å². The van der Waals surface area contributed by atoms with Crippen LogP contribution in [0.4, 0.5) is 32.0 Å². The normalized spacial score (nSPS) is 17.4. The minimum Gasteiger partial charge on any atom is -0.463 e. The van der Waals surface area contributed by atoms with Crippen LogP contribution in [0.2, 0.25) is 0 Å². The molecule has 28 heavy (non-hydrogen) atoms. The van der Waals surface area contributed by atoms with Gasteiger partial charge in [0.15, 0.2) is 0 Å². The molecular weight excluding hydrogens is 396 g/mol. The van der Waals surface area contributed by atoms with Crippen molar-refractivity contribution < 1.29 is 45.4 Å². The highest BCUT2D eigenvalue weighted by Gasteiger charge is 2.37. The number of carbonyl (C=O) groups is 2. The summed E-state index contributed by atoms with van der Waals surface area (Å²) in [5.74, 6) is -1.63. The Morgan fingerprint density at radius 3 is 2.14 bits per heavy atom. The predicted molar refractivity (Wildman–Crippen MR) is 84.2 cm³/mol. The summed E-state index contributed by atoms with van der Waals surface area (Å²) in [7, 11) is 0. The van der Waals surface area contributed by atoms with E-state index in [1.807, 2.05) is 5.32 Å². The van der Waals surface area contributed by atoms with Gasteiger partial charge in [0, 0.05) is 18.7 Å². The molecule has 0 radical (unpaired) electrons. The van der Waals surface area contributed by atoms with Crippen molar-refractivity contribution in [1.82, 2.24) is 0 Å². The zero-order valence-electron chi connectivity index (χ0n) is 14.5. The number of carbonyl (C=O) groups excluding carboxylic acids is 2. The maximum Gasteiger partial charge on any atom is 0.416 e. The summed E-state index contributed by atoms with van der Waals surface area (Å²) >= 11 is 0. The van der Waals surface area contributed by atoms with E-state index >= 15 is 0 Å². The molecule has 0 unspecified atom stereocenters. The lowest BCUT2D eigenvalue weighted by Gasteiger charge is -2.15. The van der Waals surface area contributed by atoms with Crippen molar-refractivity contribution in [2.45, 2.75) is 44.1 Å². The van der Waals surface area contributed by atoms with Crippen LogP contribution >= 0.6 is 0 Å². The Bertz CT molecular complexity index is 678. The minimum absolute atomic E-state index is 0.0308. The van der Waals surface area contributed by atoms with E-state index in [1.54, 1.807) is 0 Å². The van der Waals surface area contributed by atoms with Gasteiger partial charge in [-0.1, -0.05) is 0 Å². The van der Waals surface area contributed by atoms with Crippen LogP contribution in [0.3, 0.4) is 0 Å². The van der Waals surface area contributed by atoms with Crippen LogP contribution in [-0.2, 0) is 31.4 Å². The summed E-state index contributed by atoms with van der Waals surface area (Å²) in [6.07, 6.45) is -9.49. The zero-order valence-corrected chi connectivity index (χ0v) is 14.5. The molecular formula is C17H17F6NO4. The lowest BCUT2D eigenvalue weighted by molar-refractivity contribution is -0.147. The first-order chi connectivity index (χ1) is 12.9. The summed E-state index contributed by atoms with van der Waals surface area (Å²) in [6, 6.07) is 0.740. The maximum absolute atomic E-state index is 12.8. The average Bonchev–Trinajstić information content (AvgIpc) is 3.10. The summed E-state index contributed by atoms with van der Waals surface area (Å²) in [4.78, 5) is 23.4. The predicted octanol–water partition coefficient (Wildman–Crippen LogP) is 4.17. The second-order valence-corrected chi connectivity index (χ2v) is 6.16. The molecule has 1 aromatic rings. The molecule has 5 nitrogen and oxygen atoms in total. The molecule has 1 saturated heterocycles. The van der Waals surface area contributed by atoms with Crippen LogP contribution in [0.5, 0.6) is 0 Å². The smallest absolute Gasteiger partial charge is 0.416 e. The van der Waals surface area contributed by atoms with Crippen molar-refractivity contribution in [3.8, 4) is 0 Å². The quantitative estimate of drug-likeness (QED) is 0.562. The zero-order chi connectivity index (χ0) is 20.9. The SMILES string of the molecule is O=C(CCC(=O)OC[C@H]1CCCO1)Nc1cc(C(F)(F)F)cc(C(F)(F)F)c1. The van der Waals surface area contributed by atoms with Gasteiger partial charge in [-0.15, -0.1) is 0 Å². The van der Waals surface area contributed by atoms with Crippen LogP contribution in [-0.4, -0.2) is 31.2 Å². The van der Waals surface area contributed by atoms with Crippen molar-refractivity contribution in [1.29, 1.82) is 0 Å². The van der Waals surface area contributed by atoms with Crippen molar-refractivity contribution in [2.24, 2.45) is 0 Å². The van der Waals surface area contributed by atoms with Gasteiger partial charge in [0.25, 0.3) is 0 Å². The number of nitrogens with one attached hydrogen (secondary N) is 1. The van der Waals surface area contributed by atoms with Crippen LogP contribution in [0.15, 0.2) is 18.2 Å². The number of halogens is 6. The van der Waals surface area contributed by atoms with Crippen molar-refractivity contribution in [3.05, 3.63) is 29.3 Å². The highest BCUT2D eigenvalue weighted by atomic mass is 19.4. The van der Waals surface area contributed by atoms with Gasteiger partial charge in [-0.05, 0) is 31.0 Å². The molecule has 0 saturated carbocycles. The monoisotopic (exact) mass is 413 g/mol. The Morgan fingerprint density at radius 1 is 1.04 bits per heavy atom. The van der Waals surface area contributed by atoms with Crippen molar-refractivity contribution in [2.75, 3.05) is 18.5 Å². The number of hydrogen-bond donors (Lipinski definition) is 1. The Labute approximate surface area is 156 Å². The van der Waals surface area contributed by atoms with Gasteiger partial charge in [-0.25, -0.2) is 0 Å². The van der Waals surface area contributed by atoms with Crippen LogP contribution in [0.25, 0.3) is 0 Å². The summed E-state index contributed by atoms with van der Waals surface area (Å²) < 4.78 is 86.9. The molecule has 0 spiro atoms. The molecule has 2 rings (SSSR count). The summed E-state index contributed by atoms with van der Waals surface area (Å²) in [6.45, 7) is 0.602. The number of esters is 1. The van der Waals surface area contributed by atoms with Gasteiger partial charge in [0.1, 0.15) is 6.61 Å². The molecule has 1 N–H and O–H groups in total. The third-order valence-electron chi connectivity index (χ3n) is 3.88. The molecule has 0 aliphatic carbocycles. The van der Waals surface area contributed by atoms with Crippen LogP contribution in [0.1, 0.15) is 36.8 Å². The lowest BCUT2D eigenvalue weighted by Crippen LogP contribution is -2.20. The molecule has 1 aliphatic rings. The van der Waals surface area contributed by atoms with Gasteiger partial charge in [-0.2, -0.15) is 26.3 Å². The summed E-state index contributed by atoms with van der Waals surface area (Å²) in [5.41, 5.74) is -3.76. The maximum atomic E-state index is 12.8. The Balaban J connectivity index is 1.93.